The van der Waals surface area contributed by atoms with Crippen molar-refractivity contribution in [2.45, 2.75) is 38.0 Å². The molecule has 2 unspecified atom stereocenters. The zero-order chi connectivity index (χ0) is 14.8. The number of carbonyl (C=O) groups is 1. The highest BCUT2D eigenvalue weighted by Crippen LogP contribution is 2.28. The van der Waals surface area contributed by atoms with Gasteiger partial charge >= 0.3 is 6.18 Å². The fourth-order valence-electron chi connectivity index (χ4n) is 2.52. The number of hydrogen-bond donors (Lipinski definition) is 1. The molecule has 0 radical (unpaired) electrons. The molecule has 112 valence electrons. The lowest BCUT2D eigenvalue weighted by Gasteiger charge is -2.25. The van der Waals surface area contributed by atoms with Crippen LogP contribution in [-0.4, -0.2) is 29.6 Å². The van der Waals surface area contributed by atoms with Crippen LogP contribution in [0.1, 0.15) is 25.0 Å². The van der Waals surface area contributed by atoms with Crippen LogP contribution in [0.5, 0.6) is 0 Å². The van der Waals surface area contributed by atoms with Gasteiger partial charge in [0.05, 0.1) is 12.8 Å². The predicted molar refractivity (Wildman–Crippen MR) is 65.5 cm³/mol. The SMILES string of the molecule is NC1CCC(C(=O)N(Cc2ccco2)CC(F)(F)F)C1. The average molecular weight is 290 g/mol. The lowest BCUT2D eigenvalue weighted by atomic mass is 10.1. The molecule has 2 rings (SSSR count). The molecule has 4 nitrogen and oxygen atoms in total. The van der Waals surface area contributed by atoms with Crippen LogP contribution < -0.4 is 5.73 Å². The van der Waals surface area contributed by atoms with Crippen LogP contribution in [0.15, 0.2) is 22.8 Å². The van der Waals surface area contributed by atoms with Crippen LogP contribution in [-0.2, 0) is 11.3 Å². The largest absolute Gasteiger partial charge is 0.467 e. The smallest absolute Gasteiger partial charge is 0.406 e. The lowest BCUT2D eigenvalue weighted by molar-refractivity contribution is -0.165. The zero-order valence-electron chi connectivity index (χ0n) is 10.9. The molecule has 1 aromatic rings. The second-order valence-corrected chi connectivity index (χ2v) is 5.16. The molecular formula is C13H17F3N2O2. The van der Waals surface area contributed by atoms with E-state index < -0.39 is 24.5 Å². The first kappa shape index (κ1) is 14.9. The van der Waals surface area contributed by atoms with Crippen molar-refractivity contribution in [2.75, 3.05) is 6.54 Å². The standard InChI is InChI=1S/C13H17F3N2O2/c14-13(15,16)8-18(7-11-2-1-5-20-11)12(19)9-3-4-10(17)6-9/h1-2,5,9-10H,3-4,6-8,17H2. The molecule has 0 aromatic carbocycles. The van der Waals surface area contributed by atoms with E-state index in [-0.39, 0.29) is 12.6 Å². The summed E-state index contributed by atoms with van der Waals surface area (Å²) in [6.45, 7) is -1.44. The van der Waals surface area contributed by atoms with Crippen LogP contribution in [0.4, 0.5) is 13.2 Å². The number of rotatable bonds is 4. The zero-order valence-corrected chi connectivity index (χ0v) is 10.9. The van der Waals surface area contributed by atoms with E-state index in [1.807, 2.05) is 0 Å². The molecule has 2 atom stereocenters. The molecule has 0 spiro atoms. The Balaban J connectivity index is 2.07. The molecule has 1 amide bonds. The minimum atomic E-state index is -4.43. The minimum Gasteiger partial charge on any atom is -0.467 e. The Labute approximate surface area is 114 Å². The fraction of sp³-hybridized carbons (Fsp3) is 0.615. The second-order valence-electron chi connectivity index (χ2n) is 5.16. The van der Waals surface area contributed by atoms with Crippen LogP contribution in [0.3, 0.4) is 0 Å². The van der Waals surface area contributed by atoms with Gasteiger partial charge in [-0.05, 0) is 31.4 Å². The van der Waals surface area contributed by atoms with Gasteiger partial charge in [-0.3, -0.25) is 4.79 Å². The fourth-order valence-corrected chi connectivity index (χ4v) is 2.52. The molecule has 0 bridgehead atoms. The van der Waals surface area contributed by atoms with Gasteiger partial charge in [-0.2, -0.15) is 13.2 Å². The van der Waals surface area contributed by atoms with Gasteiger partial charge in [-0.1, -0.05) is 0 Å². The minimum absolute atomic E-state index is 0.0969. The lowest BCUT2D eigenvalue weighted by Crippen LogP contribution is -2.41. The molecule has 20 heavy (non-hydrogen) atoms. The summed E-state index contributed by atoms with van der Waals surface area (Å²) in [6, 6.07) is 3.04. The number of nitrogens with two attached hydrogens (primary N) is 1. The summed E-state index contributed by atoms with van der Waals surface area (Å²) in [4.78, 5) is 13.0. The van der Waals surface area contributed by atoms with E-state index in [2.05, 4.69) is 0 Å². The number of halogens is 3. The first-order chi connectivity index (χ1) is 9.35. The van der Waals surface area contributed by atoms with Gasteiger partial charge in [0.15, 0.2) is 0 Å². The molecule has 1 aliphatic rings. The summed E-state index contributed by atoms with van der Waals surface area (Å²) >= 11 is 0. The number of hydrogen-bond acceptors (Lipinski definition) is 3. The second kappa shape index (κ2) is 5.87. The summed E-state index contributed by atoms with van der Waals surface area (Å²) in [6.07, 6.45) is -1.38. The molecule has 0 aliphatic heterocycles. The third-order valence-electron chi connectivity index (χ3n) is 3.43. The number of alkyl halides is 3. The summed E-state index contributed by atoms with van der Waals surface area (Å²) in [5.41, 5.74) is 5.71. The highest BCUT2D eigenvalue weighted by atomic mass is 19.4. The van der Waals surface area contributed by atoms with Crippen LogP contribution in [0, 0.1) is 5.92 Å². The van der Waals surface area contributed by atoms with Gasteiger partial charge in [0.25, 0.3) is 0 Å². The Morgan fingerprint density at radius 3 is 2.70 bits per heavy atom. The third kappa shape index (κ3) is 4.00. The van der Waals surface area contributed by atoms with E-state index >= 15 is 0 Å². The molecule has 1 aromatic heterocycles. The van der Waals surface area contributed by atoms with Crippen molar-refractivity contribution in [3.8, 4) is 0 Å². The van der Waals surface area contributed by atoms with E-state index in [4.69, 9.17) is 10.2 Å². The van der Waals surface area contributed by atoms with Gasteiger partial charge in [-0.15, -0.1) is 0 Å². The van der Waals surface area contributed by atoms with Crippen molar-refractivity contribution in [3.63, 3.8) is 0 Å². The van der Waals surface area contributed by atoms with Gasteiger partial charge in [0, 0.05) is 12.0 Å². The average Bonchev–Trinajstić information content (AvgIpc) is 2.97. The first-order valence-corrected chi connectivity index (χ1v) is 6.48. The third-order valence-corrected chi connectivity index (χ3v) is 3.43. The summed E-state index contributed by atoms with van der Waals surface area (Å²) in [7, 11) is 0. The monoisotopic (exact) mass is 290 g/mol. The molecule has 1 aliphatic carbocycles. The Morgan fingerprint density at radius 2 is 2.20 bits per heavy atom. The van der Waals surface area contributed by atoms with E-state index in [9.17, 15) is 18.0 Å². The predicted octanol–water partition coefficient (Wildman–Crippen LogP) is 2.30. The number of nitrogens with zero attached hydrogens (tertiary/aromatic N) is 1. The maximum Gasteiger partial charge on any atom is 0.406 e. The Hall–Kier alpha value is -1.50. The molecule has 7 heteroatoms. The van der Waals surface area contributed by atoms with E-state index in [0.29, 0.717) is 25.0 Å². The highest BCUT2D eigenvalue weighted by Gasteiger charge is 2.37. The maximum atomic E-state index is 12.6. The van der Waals surface area contributed by atoms with Gasteiger partial charge in [-0.25, -0.2) is 0 Å². The number of amides is 1. The van der Waals surface area contributed by atoms with Crippen molar-refractivity contribution in [3.05, 3.63) is 24.2 Å². The van der Waals surface area contributed by atoms with Crippen molar-refractivity contribution < 1.29 is 22.4 Å². The number of furan rings is 1. The van der Waals surface area contributed by atoms with Crippen LogP contribution in [0.2, 0.25) is 0 Å². The highest BCUT2D eigenvalue weighted by molar-refractivity contribution is 5.79. The normalized spacial score (nSPS) is 23.0. The van der Waals surface area contributed by atoms with Gasteiger partial charge in [0.2, 0.25) is 5.91 Å². The molecular weight excluding hydrogens is 273 g/mol. The van der Waals surface area contributed by atoms with E-state index in [0.717, 1.165) is 4.90 Å². The summed E-state index contributed by atoms with van der Waals surface area (Å²) < 4.78 is 42.9. The molecule has 1 saturated carbocycles. The van der Waals surface area contributed by atoms with Crippen LogP contribution in [0.25, 0.3) is 0 Å². The first-order valence-electron chi connectivity index (χ1n) is 6.48. The van der Waals surface area contributed by atoms with Gasteiger partial charge in [0.1, 0.15) is 12.3 Å². The Morgan fingerprint density at radius 1 is 1.45 bits per heavy atom. The summed E-state index contributed by atoms with van der Waals surface area (Å²) in [5.74, 6) is -0.570. The van der Waals surface area contributed by atoms with Crippen molar-refractivity contribution in [1.82, 2.24) is 4.90 Å². The van der Waals surface area contributed by atoms with E-state index in [1.54, 1.807) is 12.1 Å². The van der Waals surface area contributed by atoms with Crippen molar-refractivity contribution in [1.29, 1.82) is 0 Å². The van der Waals surface area contributed by atoms with Gasteiger partial charge < -0.3 is 15.1 Å². The molecule has 1 heterocycles. The summed E-state index contributed by atoms with van der Waals surface area (Å²) in [5, 5.41) is 0. The Kier molecular flexibility index (Phi) is 4.37. The van der Waals surface area contributed by atoms with Crippen molar-refractivity contribution >= 4 is 5.91 Å². The molecule has 0 saturated heterocycles. The number of carbonyl (C=O) groups excluding carboxylic acids is 1. The Bertz CT molecular complexity index is 445. The molecule has 1 fully saturated rings. The quantitative estimate of drug-likeness (QED) is 0.925. The molecule has 2 N–H and O–H groups in total. The maximum absolute atomic E-state index is 12.6. The van der Waals surface area contributed by atoms with Crippen LogP contribution >= 0.6 is 0 Å². The van der Waals surface area contributed by atoms with E-state index in [1.165, 1.54) is 6.26 Å². The topological polar surface area (TPSA) is 59.5 Å². The van der Waals surface area contributed by atoms with Crippen molar-refractivity contribution in [2.24, 2.45) is 11.7 Å².